The lowest BCUT2D eigenvalue weighted by molar-refractivity contribution is -0.133. The summed E-state index contributed by atoms with van der Waals surface area (Å²) in [6.07, 6.45) is 0.888. The quantitative estimate of drug-likeness (QED) is 0.830. The molecule has 1 N–H and O–H groups in total. The van der Waals surface area contributed by atoms with Crippen LogP contribution in [0.2, 0.25) is 0 Å². The smallest absolute Gasteiger partial charge is 0.312 e. The van der Waals surface area contributed by atoms with E-state index >= 15 is 0 Å². The molecule has 1 aromatic carbocycles. The van der Waals surface area contributed by atoms with Crippen molar-refractivity contribution in [1.29, 1.82) is 0 Å². The number of hydrogen-bond acceptors (Lipinski definition) is 3. The lowest BCUT2D eigenvalue weighted by Crippen LogP contribution is -2.59. The Hall–Kier alpha value is -1.88. The molecule has 0 spiro atoms. The molecule has 0 radical (unpaired) electrons. The standard InChI is InChI=1S/C16H19N3O2/c1-16-10-17-7-8-18(16)15(21)19(14(16)20)13-9-12(13)11-5-3-2-4-6-11/h2-6,12-13,17H,7-10H2,1H3/t12-,13+,16+/m1/s1. The third-order valence-electron chi connectivity index (χ3n) is 5.01. The van der Waals surface area contributed by atoms with Crippen LogP contribution >= 0.6 is 0 Å². The zero-order valence-electron chi connectivity index (χ0n) is 12.1. The lowest BCUT2D eigenvalue weighted by Gasteiger charge is -2.36. The van der Waals surface area contributed by atoms with E-state index in [1.165, 1.54) is 10.5 Å². The number of carbonyl (C=O) groups excluding carboxylic acids is 2. The first-order valence-corrected chi connectivity index (χ1v) is 7.54. The van der Waals surface area contributed by atoms with Gasteiger partial charge in [0.05, 0.1) is 0 Å². The van der Waals surface area contributed by atoms with Crippen LogP contribution in [0.4, 0.5) is 4.79 Å². The van der Waals surface area contributed by atoms with Crippen molar-refractivity contribution in [1.82, 2.24) is 15.1 Å². The molecule has 3 atom stereocenters. The number of urea groups is 1. The summed E-state index contributed by atoms with van der Waals surface area (Å²) in [5.74, 6) is 0.264. The summed E-state index contributed by atoms with van der Waals surface area (Å²) in [6, 6.07) is 10.1. The Bertz CT molecular complexity index is 603. The van der Waals surface area contributed by atoms with E-state index in [4.69, 9.17) is 0 Å². The van der Waals surface area contributed by atoms with Gasteiger partial charge in [0, 0.05) is 31.6 Å². The summed E-state index contributed by atoms with van der Waals surface area (Å²) in [5.41, 5.74) is 0.523. The summed E-state index contributed by atoms with van der Waals surface area (Å²) >= 11 is 0. The number of nitrogens with one attached hydrogen (secondary N) is 1. The van der Waals surface area contributed by atoms with Crippen LogP contribution < -0.4 is 5.32 Å². The van der Waals surface area contributed by atoms with Crippen LogP contribution in [0.15, 0.2) is 30.3 Å². The molecule has 4 rings (SSSR count). The van der Waals surface area contributed by atoms with Gasteiger partial charge in [0.2, 0.25) is 0 Å². The van der Waals surface area contributed by atoms with Gasteiger partial charge in [-0.2, -0.15) is 0 Å². The van der Waals surface area contributed by atoms with Gasteiger partial charge < -0.3 is 10.2 Å². The van der Waals surface area contributed by atoms with Crippen molar-refractivity contribution in [3.63, 3.8) is 0 Å². The van der Waals surface area contributed by atoms with Gasteiger partial charge in [-0.05, 0) is 18.9 Å². The van der Waals surface area contributed by atoms with Crippen molar-refractivity contribution in [2.45, 2.75) is 30.8 Å². The fourth-order valence-electron chi connectivity index (χ4n) is 3.66. The van der Waals surface area contributed by atoms with Crippen molar-refractivity contribution in [3.8, 4) is 0 Å². The van der Waals surface area contributed by atoms with Crippen LogP contribution in [-0.2, 0) is 4.79 Å². The van der Waals surface area contributed by atoms with E-state index in [2.05, 4.69) is 17.4 Å². The maximum Gasteiger partial charge on any atom is 0.328 e. The van der Waals surface area contributed by atoms with Crippen LogP contribution in [-0.4, -0.2) is 53.0 Å². The van der Waals surface area contributed by atoms with Crippen LogP contribution in [0.3, 0.4) is 0 Å². The van der Waals surface area contributed by atoms with Crippen LogP contribution in [0.5, 0.6) is 0 Å². The van der Waals surface area contributed by atoms with E-state index in [0.29, 0.717) is 19.0 Å². The summed E-state index contributed by atoms with van der Waals surface area (Å²) in [7, 11) is 0. The molecular formula is C16H19N3O2. The Morgan fingerprint density at radius 2 is 2.00 bits per heavy atom. The molecule has 1 aliphatic carbocycles. The van der Waals surface area contributed by atoms with Crippen molar-refractivity contribution < 1.29 is 9.59 Å². The van der Waals surface area contributed by atoms with Gasteiger partial charge in [-0.15, -0.1) is 0 Å². The number of hydrogen-bond donors (Lipinski definition) is 1. The molecule has 3 aliphatic rings. The van der Waals surface area contributed by atoms with E-state index in [9.17, 15) is 9.59 Å². The highest BCUT2D eigenvalue weighted by atomic mass is 16.2. The monoisotopic (exact) mass is 285 g/mol. The van der Waals surface area contributed by atoms with Gasteiger partial charge >= 0.3 is 6.03 Å². The van der Waals surface area contributed by atoms with E-state index in [1.807, 2.05) is 25.1 Å². The Kier molecular flexibility index (Phi) is 2.63. The molecule has 21 heavy (non-hydrogen) atoms. The highest BCUT2D eigenvalue weighted by Crippen LogP contribution is 2.48. The van der Waals surface area contributed by atoms with Crippen LogP contribution in [0, 0.1) is 0 Å². The number of benzene rings is 1. The Morgan fingerprint density at radius 1 is 1.24 bits per heavy atom. The van der Waals surface area contributed by atoms with Crippen molar-refractivity contribution >= 4 is 11.9 Å². The summed E-state index contributed by atoms with van der Waals surface area (Å²) in [4.78, 5) is 28.6. The number of carbonyl (C=O) groups is 2. The van der Waals surface area contributed by atoms with Gasteiger partial charge in [-0.1, -0.05) is 30.3 Å². The minimum Gasteiger partial charge on any atom is -0.312 e. The van der Waals surface area contributed by atoms with Crippen molar-refractivity contribution in [2.75, 3.05) is 19.6 Å². The molecular weight excluding hydrogens is 266 g/mol. The molecule has 2 saturated heterocycles. The normalized spacial score (nSPS) is 35.1. The maximum atomic E-state index is 12.8. The molecule has 2 heterocycles. The van der Waals surface area contributed by atoms with Gasteiger partial charge in [0.1, 0.15) is 5.54 Å². The lowest BCUT2D eigenvalue weighted by atomic mass is 9.98. The molecule has 1 saturated carbocycles. The highest BCUT2D eigenvalue weighted by molar-refractivity contribution is 6.07. The maximum absolute atomic E-state index is 12.8. The fourth-order valence-corrected chi connectivity index (χ4v) is 3.66. The number of rotatable bonds is 2. The number of imide groups is 1. The van der Waals surface area contributed by atoms with Crippen LogP contribution in [0.1, 0.15) is 24.8 Å². The minimum atomic E-state index is -0.695. The molecule has 5 heteroatoms. The number of nitrogens with zero attached hydrogens (tertiary/aromatic N) is 2. The molecule has 110 valence electrons. The fraction of sp³-hybridized carbons (Fsp3) is 0.500. The topological polar surface area (TPSA) is 52.7 Å². The third-order valence-corrected chi connectivity index (χ3v) is 5.01. The molecule has 1 aromatic rings. The first-order valence-electron chi connectivity index (χ1n) is 7.54. The average molecular weight is 285 g/mol. The molecule has 2 aliphatic heterocycles. The number of fused-ring (bicyclic) bond motifs is 1. The molecule has 0 aromatic heterocycles. The number of amides is 3. The van der Waals surface area contributed by atoms with Crippen molar-refractivity contribution in [2.24, 2.45) is 0 Å². The average Bonchev–Trinajstić information content (AvgIpc) is 3.25. The summed E-state index contributed by atoms with van der Waals surface area (Å²) < 4.78 is 0. The van der Waals surface area contributed by atoms with Crippen molar-refractivity contribution in [3.05, 3.63) is 35.9 Å². The third kappa shape index (κ3) is 1.73. The van der Waals surface area contributed by atoms with Crippen LogP contribution in [0.25, 0.3) is 0 Å². The largest absolute Gasteiger partial charge is 0.328 e. The number of piperazine rings is 1. The molecule has 0 unspecified atom stereocenters. The first-order chi connectivity index (χ1) is 10.1. The van der Waals surface area contributed by atoms with Gasteiger partial charge in [-0.3, -0.25) is 9.69 Å². The highest BCUT2D eigenvalue weighted by Gasteiger charge is 2.61. The van der Waals surface area contributed by atoms with E-state index in [-0.39, 0.29) is 18.0 Å². The Balaban J connectivity index is 1.60. The zero-order valence-corrected chi connectivity index (χ0v) is 12.1. The molecule has 3 amide bonds. The first kappa shape index (κ1) is 12.8. The van der Waals surface area contributed by atoms with Gasteiger partial charge in [0.25, 0.3) is 5.91 Å². The van der Waals surface area contributed by atoms with E-state index < -0.39 is 5.54 Å². The summed E-state index contributed by atoms with van der Waals surface area (Å²) in [5, 5.41) is 3.23. The Morgan fingerprint density at radius 3 is 2.71 bits per heavy atom. The second-order valence-electron chi connectivity index (χ2n) is 6.38. The Labute approximate surface area is 123 Å². The van der Waals surface area contributed by atoms with Gasteiger partial charge in [-0.25, -0.2) is 4.79 Å². The van der Waals surface area contributed by atoms with Gasteiger partial charge in [0.15, 0.2) is 0 Å². The predicted octanol–water partition coefficient (Wildman–Crippen LogP) is 1.17. The van der Waals surface area contributed by atoms with E-state index in [1.54, 1.807) is 4.90 Å². The second kappa shape index (κ2) is 4.31. The summed E-state index contributed by atoms with van der Waals surface area (Å²) in [6.45, 7) is 3.80. The second-order valence-corrected chi connectivity index (χ2v) is 6.38. The molecule has 5 nitrogen and oxygen atoms in total. The minimum absolute atomic E-state index is 0.0369. The van der Waals surface area contributed by atoms with E-state index in [0.717, 1.165) is 13.0 Å². The molecule has 3 fully saturated rings. The SMILES string of the molecule is C[C@@]12CNCCN1C(=O)N([C@H]1C[C@@H]1c1ccccc1)C2=O. The zero-order chi connectivity index (χ0) is 14.6. The molecule has 0 bridgehead atoms. The predicted molar refractivity (Wildman–Crippen MR) is 77.8 cm³/mol.